The Morgan fingerprint density at radius 1 is 1.40 bits per heavy atom. The zero-order chi connectivity index (χ0) is 8.20. The van der Waals surface area contributed by atoms with E-state index < -0.39 is 0 Å². The highest BCUT2D eigenvalue weighted by molar-refractivity contribution is 14.1. The summed E-state index contributed by atoms with van der Waals surface area (Å²) in [6, 6.07) is 0. The van der Waals surface area contributed by atoms with E-state index in [0.29, 0.717) is 3.42 Å². The minimum atomic E-state index is 0.432. The Balaban J connectivity index is 3.82. The van der Waals surface area contributed by atoms with E-state index in [2.05, 4.69) is 66.0 Å². The van der Waals surface area contributed by atoms with Gasteiger partial charge in [0.15, 0.2) is 0 Å². The summed E-state index contributed by atoms with van der Waals surface area (Å²) in [5, 5.41) is 0. The topological polar surface area (TPSA) is 0 Å². The molecule has 0 aromatic heterocycles. The molecule has 0 nitrogen and oxygen atoms in total. The largest absolute Gasteiger partial charge is 0.0777 e. The lowest BCUT2D eigenvalue weighted by atomic mass is 10.0. The first kappa shape index (κ1) is 11.5. The SMILES string of the molecule is CCCC(C)(I)[C](I)CC. The van der Waals surface area contributed by atoms with Crippen LogP contribution >= 0.6 is 45.2 Å². The fourth-order valence-electron chi connectivity index (χ4n) is 0.974. The summed E-state index contributed by atoms with van der Waals surface area (Å²) in [6.07, 6.45) is 3.80. The predicted octanol–water partition coefficient (Wildman–Crippen LogP) is 4.36. The van der Waals surface area contributed by atoms with Crippen LogP contribution in [0.4, 0.5) is 0 Å². The molecule has 0 saturated heterocycles. The first-order valence-electron chi connectivity index (χ1n) is 3.75. The van der Waals surface area contributed by atoms with Gasteiger partial charge in [-0.1, -0.05) is 65.5 Å². The maximum Gasteiger partial charge on any atom is 0.0520 e. The van der Waals surface area contributed by atoms with Gasteiger partial charge in [-0.2, -0.15) is 0 Å². The quantitative estimate of drug-likeness (QED) is 0.513. The molecule has 2 heteroatoms. The molecule has 0 fully saturated rings. The molecule has 0 aliphatic heterocycles. The van der Waals surface area contributed by atoms with Crippen molar-refractivity contribution in [3.8, 4) is 0 Å². The van der Waals surface area contributed by atoms with E-state index in [1.807, 2.05) is 0 Å². The van der Waals surface area contributed by atoms with Gasteiger partial charge in [0.1, 0.15) is 0 Å². The third-order valence-corrected chi connectivity index (χ3v) is 5.77. The van der Waals surface area contributed by atoms with Gasteiger partial charge in [-0.05, 0) is 19.8 Å². The van der Waals surface area contributed by atoms with Crippen LogP contribution in [0.2, 0.25) is 0 Å². The Kier molecular flexibility index (Phi) is 5.92. The highest BCUT2D eigenvalue weighted by atomic mass is 127. The van der Waals surface area contributed by atoms with Crippen molar-refractivity contribution in [3.63, 3.8) is 0 Å². The molecule has 1 radical (unpaired) electrons. The second-order valence-corrected chi connectivity index (χ2v) is 6.39. The minimum Gasteiger partial charge on any atom is -0.0777 e. The molecule has 0 N–H and O–H groups in total. The van der Waals surface area contributed by atoms with Crippen molar-refractivity contribution < 1.29 is 0 Å². The Labute approximate surface area is 91.8 Å². The molecule has 0 spiro atoms. The van der Waals surface area contributed by atoms with E-state index >= 15 is 0 Å². The summed E-state index contributed by atoms with van der Waals surface area (Å²) in [6.45, 7) is 6.80. The van der Waals surface area contributed by atoms with Gasteiger partial charge < -0.3 is 0 Å². The molecular weight excluding hydrogens is 350 g/mol. The van der Waals surface area contributed by atoms with Crippen LogP contribution in [0.1, 0.15) is 40.0 Å². The van der Waals surface area contributed by atoms with Crippen molar-refractivity contribution in [1.82, 2.24) is 0 Å². The number of hydrogen-bond acceptors (Lipinski definition) is 0. The monoisotopic (exact) mass is 365 g/mol. The van der Waals surface area contributed by atoms with Crippen molar-refractivity contribution >= 4 is 45.2 Å². The molecule has 0 amide bonds. The van der Waals surface area contributed by atoms with Crippen LogP contribution in [0.3, 0.4) is 0 Å². The van der Waals surface area contributed by atoms with Crippen LogP contribution in [-0.2, 0) is 0 Å². The van der Waals surface area contributed by atoms with E-state index in [0.717, 1.165) is 0 Å². The van der Waals surface area contributed by atoms with Gasteiger partial charge in [-0.15, -0.1) is 0 Å². The van der Waals surface area contributed by atoms with Gasteiger partial charge in [-0.25, -0.2) is 0 Å². The van der Waals surface area contributed by atoms with Crippen LogP contribution in [-0.4, -0.2) is 3.42 Å². The molecule has 0 aliphatic rings. The minimum absolute atomic E-state index is 0.432. The Morgan fingerprint density at radius 2 is 1.90 bits per heavy atom. The van der Waals surface area contributed by atoms with Crippen LogP contribution in [0, 0.1) is 3.92 Å². The third kappa shape index (κ3) is 3.74. The van der Waals surface area contributed by atoms with E-state index in [1.54, 1.807) is 3.92 Å². The van der Waals surface area contributed by atoms with Gasteiger partial charge in [0.25, 0.3) is 0 Å². The molecule has 0 bridgehead atoms. The van der Waals surface area contributed by atoms with Crippen LogP contribution in [0.15, 0.2) is 0 Å². The highest BCUT2D eigenvalue weighted by Crippen LogP contribution is 2.40. The Bertz CT molecular complexity index is 89.3. The summed E-state index contributed by atoms with van der Waals surface area (Å²) in [5.41, 5.74) is 0. The predicted molar refractivity (Wildman–Crippen MR) is 64.9 cm³/mol. The van der Waals surface area contributed by atoms with Crippen molar-refractivity contribution in [1.29, 1.82) is 0 Å². The van der Waals surface area contributed by atoms with E-state index in [-0.39, 0.29) is 0 Å². The van der Waals surface area contributed by atoms with Gasteiger partial charge in [0, 0.05) is 3.42 Å². The second kappa shape index (κ2) is 5.17. The molecule has 1 atom stereocenters. The molecule has 0 aliphatic carbocycles. The number of alkyl halides is 1. The van der Waals surface area contributed by atoms with Crippen molar-refractivity contribution in [2.75, 3.05) is 0 Å². The van der Waals surface area contributed by atoms with Crippen molar-refractivity contribution in [2.45, 2.75) is 43.5 Å². The van der Waals surface area contributed by atoms with E-state index in [4.69, 9.17) is 0 Å². The first-order chi connectivity index (χ1) is 4.54. The van der Waals surface area contributed by atoms with Crippen LogP contribution in [0.25, 0.3) is 0 Å². The fraction of sp³-hybridized carbons (Fsp3) is 0.875. The van der Waals surface area contributed by atoms with Gasteiger partial charge in [-0.3, -0.25) is 0 Å². The Hall–Kier alpha value is 1.46. The standard InChI is InChI=1S/C8H15I2/c1-4-6-8(3,10)7(9)5-2/h4-6H2,1-3H3. The maximum absolute atomic E-state index is 2.56. The van der Waals surface area contributed by atoms with E-state index in [1.165, 1.54) is 19.3 Å². The lowest BCUT2D eigenvalue weighted by Gasteiger charge is -2.26. The summed E-state index contributed by atoms with van der Waals surface area (Å²) < 4.78 is 2.02. The molecule has 61 valence electrons. The molecule has 0 saturated carbocycles. The smallest absolute Gasteiger partial charge is 0.0520 e. The van der Waals surface area contributed by atoms with Crippen molar-refractivity contribution in [3.05, 3.63) is 3.92 Å². The first-order valence-corrected chi connectivity index (χ1v) is 5.91. The average molecular weight is 365 g/mol. The summed E-state index contributed by atoms with van der Waals surface area (Å²) in [7, 11) is 0. The average Bonchev–Trinajstić information content (AvgIpc) is 1.86. The summed E-state index contributed by atoms with van der Waals surface area (Å²) in [4.78, 5) is 0. The lowest BCUT2D eigenvalue weighted by Crippen LogP contribution is -2.20. The molecular formula is C8H15I2. The molecule has 1 unspecified atom stereocenters. The molecule has 0 aromatic rings. The van der Waals surface area contributed by atoms with Crippen LogP contribution < -0.4 is 0 Å². The second-order valence-electron chi connectivity index (χ2n) is 2.71. The molecule has 0 rings (SSSR count). The lowest BCUT2D eigenvalue weighted by molar-refractivity contribution is 0.645. The zero-order valence-corrected chi connectivity index (χ0v) is 11.2. The normalized spacial score (nSPS) is 17.4. The van der Waals surface area contributed by atoms with Gasteiger partial charge in [0.05, 0.1) is 3.92 Å². The summed E-state index contributed by atoms with van der Waals surface area (Å²) >= 11 is 5.04. The number of hydrogen-bond donors (Lipinski definition) is 0. The molecule has 0 aromatic carbocycles. The molecule has 10 heavy (non-hydrogen) atoms. The zero-order valence-electron chi connectivity index (χ0n) is 6.88. The van der Waals surface area contributed by atoms with E-state index in [9.17, 15) is 0 Å². The van der Waals surface area contributed by atoms with Gasteiger partial charge in [0.2, 0.25) is 0 Å². The Morgan fingerprint density at radius 3 is 2.20 bits per heavy atom. The molecule has 0 heterocycles. The number of rotatable bonds is 4. The third-order valence-electron chi connectivity index (χ3n) is 1.60. The summed E-state index contributed by atoms with van der Waals surface area (Å²) in [5.74, 6) is 0. The maximum atomic E-state index is 2.56. The van der Waals surface area contributed by atoms with Gasteiger partial charge >= 0.3 is 0 Å². The van der Waals surface area contributed by atoms with Crippen molar-refractivity contribution in [2.24, 2.45) is 0 Å². The highest BCUT2D eigenvalue weighted by Gasteiger charge is 2.27. The number of halogens is 2. The van der Waals surface area contributed by atoms with Crippen LogP contribution in [0.5, 0.6) is 0 Å². The fourth-order valence-corrected chi connectivity index (χ4v) is 2.16.